The molecule has 228 valence electrons. The number of amides is 1. The summed E-state index contributed by atoms with van der Waals surface area (Å²) in [6, 6.07) is 19.7. The van der Waals surface area contributed by atoms with Crippen molar-refractivity contribution in [2.75, 3.05) is 31.1 Å². The Bertz CT molecular complexity index is 1350. The third kappa shape index (κ3) is 7.74. The second-order valence-corrected chi connectivity index (χ2v) is 10.7. The molecule has 2 heterocycles. The molecule has 0 saturated carbocycles. The van der Waals surface area contributed by atoms with Gasteiger partial charge in [-0.25, -0.2) is 23.2 Å². The summed E-state index contributed by atoms with van der Waals surface area (Å²) >= 11 is 0. The highest BCUT2D eigenvalue weighted by Gasteiger charge is 2.42. The fraction of sp³-hybridized carbons (Fsp3) is 0.344. The monoisotopic (exact) mass is 596 g/mol. The van der Waals surface area contributed by atoms with Gasteiger partial charge in [0, 0.05) is 12.2 Å². The van der Waals surface area contributed by atoms with Gasteiger partial charge in [0.2, 0.25) is 0 Å². The lowest BCUT2D eigenvalue weighted by Crippen LogP contribution is -2.44. The van der Waals surface area contributed by atoms with Gasteiger partial charge in [0.05, 0.1) is 6.54 Å². The number of aliphatic hydroxyl groups is 1. The van der Waals surface area contributed by atoms with Crippen LogP contribution in [0.3, 0.4) is 0 Å². The van der Waals surface area contributed by atoms with Gasteiger partial charge in [0.1, 0.15) is 23.3 Å². The molecule has 1 atom stereocenters. The van der Waals surface area contributed by atoms with Crippen LogP contribution in [0.1, 0.15) is 36.0 Å². The van der Waals surface area contributed by atoms with Gasteiger partial charge in [-0.1, -0.05) is 42.0 Å². The number of hydrogen-bond donors (Lipinski definition) is 3. The van der Waals surface area contributed by atoms with E-state index >= 15 is 0 Å². The lowest BCUT2D eigenvalue weighted by molar-refractivity contribution is -0.159. The highest BCUT2D eigenvalue weighted by atomic mass is 19.1. The van der Waals surface area contributed by atoms with Gasteiger partial charge >= 0.3 is 18.0 Å². The maximum absolute atomic E-state index is 13.6. The Morgan fingerprint density at radius 3 is 1.81 bits per heavy atom. The minimum atomic E-state index is -1.82. The minimum Gasteiger partial charge on any atom is -0.473 e. The summed E-state index contributed by atoms with van der Waals surface area (Å²) in [6.07, 6.45) is 1.72. The standard InChI is InChI=1S/C30H32F2N2O3.C2H2O4/c1-21-2-12-27(13-3-21)34-20-28(37-29(34)35)16-19-33-17-14-24(15-18-33)30(36,22-4-8-25(31)9-5-22)23-6-10-26(32)11-7-23;3-1(4)2(5)6/h2-13,24,28,36H,14-20H2,1H3;(H,3,4)(H,5,6). The Morgan fingerprint density at radius 2 is 1.35 bits per heavy atom. The summed E-state index contributed by atoms with van der Waals surface area (Å²) in [5, 5.41) is 26.8. The van der Waals surface area contributed by atoms with Crippen LogP contribution in [0.15, 0.2) is 72.8 Å². The maximum Gasteiger partial charge on any atom is 0.414 e. The zero-order valence-corrected chi connectivity index (χ0v) is 23.7. The molecule has 0 aliphatic carbocycles. The molecule has 0 aromatic heterocycles. The number of anilines is 1. The molecule has 9 nitrogen and oxygen atoms in total. The number of benzene rings is 3. The van der Waals surface area contributed by atoms with Crippen molar-refractivity contribution in [3.8, 4) is 0 Å². The summed E-state index contributed by atoms with van der Waals surface area (Å²) in [6.45, 7) is 4.89. The number of nitrogens with zero attached hydrogens (tertiary/aromatic N) is 2. The number of likely N-dealkylation sites (tertiary alicyclic amines) is 1. The number of halogens is 2. The fourth-order valence-electron chi connectivity index (χ4n) is 5.55. The van der Waals surface area contributed by atoms with Gasteiger partial charge in [-0.3, -0.25) is 4.90 Å². The third-order valence-electron chi connectivity index (χ3n) is 7.92. The number of ether oxygens (including phenoxy) is 1. The van der Waals surface area contributed by atoms with Gasteiger partial charge in [0.15, 0.2) is 0 Å². The van der Waals surface area contributed by atoms with Gasteiger partial charge in [-0.15, -0.1) is 0 Å². The zero-order chi connectivity index (χ0) is 31.1. The molecule has 1 amide bonds. The number of carboxylic acid groups (broad SMARTS) is 2. The van der Waals surface area contributed by atoms with Crippen LogP contribution < -0.4 is 4.90 Å². The van der Waals surface area contributed by atoms with Crippen molar-refractivity contribution in [3.63, 3.8) is 0 Å². The molecule has 2 saturated heterocycles. The van der Waals surface area contributed by atoms with Crippen LogP contribution in [-0.4, -0.2) is 70.5 Å². The Labute approximate surface area is 247 Å². The molecule has 2 fully saturated rings. The number of rotatable bonds is 7. The van der Waals surface area contributed by atoms with Crippen LogP contribution >= 0.6 is 0 Å². The van der Waals surface area contributed by atoms with E-state index < -0.39 is 17.5 Å². The molecule has 3 aromatic carbocycles. The smallest absolute Gasteiger partial charge is 0.414 e. The minimum absolute atomic E-state index is 0.110. The van der Waals surface area contributed by atoms with Gasteiger partial charge in [-0.2, -0.15) is 0 Å². The topological polar surface area (TPSA) is 128 Å². The second kappa shape index (κ2) is 13.7. The number of carbonyl (C=O) groups excluding carboxylic acids is 1. The van der Waals surface area contributed by atoms with E-state index in [9.17, 15) is 18.7 Å². The van der Waals surface area contributed by atoms with Gasteiger partial charge < -0.3 is 25.0 Å². The average Bonchev–Trinajstić information content (AvgIpc) is 3.37. The molecule has 3 N–H and O–H groups in total. The van der Waals surface area contributed by atoms with Crippen molar-refractivity contribution in [1.82, 2.24) is 4.90 Å². The Morgan fingerprint density at radius 1 is 0.860 bits per heavy atom. The first-order valence-corrected chi connectivity index (χ1v) is 13.9. The molecule has 3 aromatic rings. The number of piperidine rings is 1. The second-order valence-electron chi connectivity index (χ2n) is 10.7. The molecular weight excluding hydrogens is 562 g/mol. The van der Waals surface area contributed by atoms with E-state index in [0.29, 0.717) is 17.7 Å². The first-order chi connectivity index (χ1) is 20.5. The summed E-state index contributed by atoms with van der Waals surface area (Å²) in [4.78, 5) is 34.6. The van der Waals surface area contributed by atoms with Crippen molar-refractivity contribution in [3.05, 3.63) is 101 Å². The molecule has 11 heteroatoms. The molecule has 2 aliphatic rings. The number of carboxylic acids is 2. The molecular formula is C32H34F2N2O7. The van der Waals surface area contributed by atoms with E-state index in [2.05, 4.69) is 4.90 Å². The van der Waals surface area contributed by atoms with E-state index in [1.165, 1.54) is 24.3 Å². The van der Waals surface area contributed by atoms with Crippen LogP contribution in [0.25, 0.3) is 0 Å². The number of aryl methyl sites for hydroxylation is 1. The van der Waals surface area contributed by atoms with Gasteiger partial charge in [0.25, 0.3) is 0 Å². The maximum atomic E-state index is 13.6. The Hall–Kier alpha value is -4.35. The van der Waals surface area contributed by atoms with E-state index in [1.54, 1.807) is 29.2 Å². The summed E-state index contributed by atoms with van der Waals surface area (Å²) in [7, 11) is 0. The first-order valence-electron chi connectivity index (χ1n) is 13.9. The van der Waals surface area contributed by atoms with E-state index in [0.717, 1.165) is 50.1 Å². The highest BCUT2D eigenvalue weighted by Crippen LogP contribution is 2.42. The van der Waals surface area contributed by atoms with Crippen LogP contribution in [0.2, 0.25) is 0 Å². The van der Waals surface area contributed by atoms with Crippen molar-refractivity contribution >= 4 is 23.7 Å². The molecule has 2 aliphatic heterocycles. The molecule has 1 unspecified atom stereocenters. The highest BCUT2D eigenvalue weighted by molar-refractivity contribution is 6.27. The first kappa shape index (κ1) is 31.6. The number of carbonyl (C=O) groups is 3. The van der Waals surface area contributed by atoms with Crippen LogP contribution in [-0.2, 0) is 19.9 Å². The zero-order valence-electron chi connectivity index (χ0n) is 23.7. The molecule has 43 heavy (non-hydrogen) atoms. The summed E-state index contributed by atoms with van der Waals surface area (Å²) < 4.78 is 32.9. The SMILES string of the molecule is Cc1ccc(N2CC(CCN3CCC(C(O)(c4ccc(F)cc4)c4ccc(F)cc4)CC3)OC2=O)cc1.O=C(O)C(=O)O. The lowest BCUT2D eigenvalue weighted by Gasteiger charge is -2.42. The molecule has 0 radical (unpaired) electrons. The van der Waals surface area contributed by atoms with Gasteiger partial charge in [-0.05, 0) is 92.7 Å². The van der Waals surface area contributed by atoms with Crippen LogP contribution in [0.5, 0.6) is 0 Å². The van der Waals surface area contributed by atoms with E-state index in [1.807, 2.05) is 31.2 Å². The predicted octanol–water partition coefficient (Wildman–Crippen LogP) is 4.79. The number of aliphatic carboxylic acids is 2. The van der Waals surface area contributed by atoms with Crippen molar-refractivity contribution in [2.45, 2.75) is 37.9 Å². The third-order valence-corrected chi connectivity index (χ3v) is 7.92. The van der Waals surface area contributed by atoms with Crippen LogP contribution in [0.4, 0.5) is 19.3 Å². The summed E-state index contributed by atoms with van der Waals surface area (Å²) in [5.74, 6) is -4.49. The van der Waals surface area contributed by atoms with Crippen molar-refractivity contribution < 1.29 is 43.2 Å². The predicted molar refractivity (Wildman–Crippen MR) is 154 cm³/mol. The summed E-state index contributed by atoms with van der Waals surface area (Å²) in [5.41, 5.74) is 1.85. The Kier molecular flexibility index (Phi) is 10.1. The molecule has 5 rings (SSSR count). The van der Waals surface area contributed by atoms with E-state index in [4.69, 9.17) is 24.5 Å². The molecule has 0 spiro atoms. The quantitative estimate of drug-likeness (QED) is 0.332. The van der Waals surface area contributed by atoms with Crippen molar-refractivity contribution in [1.29, 1.82) is 0 Å². The van der Waals surface area contributed by atoms with Crippen molar-refractivity contribution in [2.24, 2.45) is 5.92 Å². The number of hydrogen-bond acceptors (Lipinski definition) is 6. The average molecular weight is 597 g/mol. The largest absolute Gasteiger partial charge is 0.473 e. The van der Waals surface area contributed by atoms with Crippen LogP contribution in [0, 0.1) is 24.5 Å². The fourth-order valence-corrected chi connectivity index (χ4v) is 5.55. The number of cyclic esters (lactones) is 1. The van der Waals surface area contributed by atoms with E-state index in [-0.39, 0.29) is 29.7 Å². The normalized spacial score (nSPS) is 17.6. The molecule has 0 bridgehead atoms. The Balaban J connectivity index is 0.000000641. The lowest BCUT2D eigenvalue weighted by atomic mass is 9.72.